The van der Waals surface area contributed by atoms with Crippen molar-refractivity contribution in [3.63, 3.8) is 0 Å². The third kappa shape index (κ3) is 5.88. The fraction of sp³-hybridized carbons (Fsp3) is 0.385. The van der Waals surface area contributed by atoms with Crippen LogP contribution in [0.3, 0.4) is 0 Å². The molecule has 2 heterocycles. The second-order valence-electron chi connectivity index (χ2n) is 8.76. The number of aryl methyl sites for hydroxylation is 1. The van der Waals surface area contributed by atoms with Gasteiger partial charge in [-0.1, -0.05) is 6.07 Å². The molecule has 180 valence electrons. The van der Waals surface area contributed by atoms with Crippen molar-refractivity contribution in [3.05, 3.63) is 65.6 Å². The van der Waals surface area contributed by atoms with E-state index >= 15 is 0 Å². The number of methoxy groups -OCH3 is 1. The molecule has 0 bridgehead atoms. The Morgan fingerprint density at radius 3 is 2.79 bits per heavy atom. The van der Waals surface area contributed by atoms with Crippen LogP contribution in [0.15, 0.2) is 48.7 Å². The highest BCUT2D eigenvalue weighted by molar-refractivity contribution is 5.93. The molecule has 1 saturated heterocycles. The fourth-order valence-electron chi connectivity index (χ4n) is 4.39. The highest BCUT2D eigenvalue weighted by atomic mass is 19.1. The summed E-state index contributed by atoms with van der Waals surface area (Å²) in [5.74, 6) is 0.172. The van der Waals surface area contributed by atoms with E-state index in [4.69, 9.17) is 4.74 Å². The summed E-state index contributed by atoms with van der Waals surface area (Å²) in [6.07, 6.45) is 2.84. The van der Waals surface area contributed by atoms with Gasteiger partial charge in [-0.3, -0.25) is 9.78 Å². The van der Waals surface area contributed by atoms with Gasteiger partial charge >= 0.3 is 0 Å². The summed E-state index contributed by atoms with van der Waals surface area (Å²) in [6, 6.07) is 12.1. The van der Waals surface area contributed by atoms with Gasteiger partial charge in [-0.2, -0.15) is 0 Å². The van der Waals surface area contributed by atoms with Crippen LogP contribution in [-0.2, 0) is 4.79 Å². The minimum atomic E-state index is -0.637. The van der Waals surface area contributed by atoms with Crippen molar-refractivity contribution in [2.45, 2.75) is 31.9 Å². The molecule has 1 fully saturated rings. The van der Waals surface area contributed by atoms with Crippen LogP contribution in [0.5, 0.6) is 5.75 Å². The van der Waals surface area contributed by atoms with Gasteiger partial charge in [0.25, 0.3) is 0 Å². The van der Waals surface area contributed by atoms with Gasteiger partial charge in [-0.05, 0) is 80.4 Å². The summed E-state index contributed by atoms with van der Waals surface area (Å²) < 4.78 is 18.8. The SMILES string of the molecule is COc1ccc2nccc(C(O)CN3CCC(NCC(=O)Nc4cc(F)ccc4C)CC3)c2c1. The summed E-state index contributed by atoms with van der Waals surface area (Å²) in [5, 5.41) is 17.9. The first-order valence-electron chi connectivity index (χ1n) is 11.6. The molecule has 4 rings (SSSR count). The summed E-state index contributed by atoms with van der Waals surface area (Å²) in [5.41, 5.74) is 2.99. The molecule has 7 nitrogen and oxygen atoms in total. The Hall–Kier alpha value is -3.07. The van der Waals surface area contributed by atoms with E-state index in [0.717, 1.165) is 53.7 Å². The predicted octanol–water partition coefficient (Wildman–Crippen LogP) is 3.42. The third-order valence-corrected chi connectivity index (χ3v) is 6.39. The molecule has 8 heteroatoms. The lowest BCUT2D eigenvalue weighted by atomic mass is 10.0. The number of β-amino-alcohol motifs (C(OH)–C–C–N with tert-alkyl or cyclic N) is 1. The number of aliphatic hydroxyl groups is 1. The van der Waals surface area contributed by atoms with E-state index in [1.807, 2.05) is 31.2 Å². The van der Waals surface area contributed by atoms with Gasteiger partial charge in [0, 0.05) is 29.9 Å². The number of benzene rings is 2. The lowest BCUT2D eigenvalue weighted by Crippen LogP contribution is -2.45. The average molecular weight is 467 g/mol. The maximum atomic E-state index is 13.4. The number of likely N-dealkylation sites (tertiary alicyclic amines) is 1. The van der Waals surface area contributed by atoms with E-state index in [2.05, 4.69) is 20.5 Å². The number of carbonyl (C=O) groups excluding carboxylic acids is 1. The number of rotatable bonds is 8. The number of nitrogens with one attached hydrogen (secondary N) is 2. The lowest BCUT2D eigenvalue weighted by molar-refractivity contribution is -0.115. The van der Waals surface area contributed by atoms with E-state index < -0.39 is 6.10 Å². The topological polar surface area (TPSA) is 86.7 Å². The Labute approximate surface area is 198 Å². The molecule has 1 aromatic heterocycles. The molecule has 2 aromatic carbocycles. The van der Waals surface area contributed by atoms with E-state index in [-0.39, 0.29) is 24.3 Å². The van der Waals surface area contributed by atoms with Crippen LogP contribution < -0.4 is 15.4 Å². The van der Waals surface area contributed by atoms with E-state index in [0.29, 0.717) is 12.2 Å². The first-order chi connectivity index (χ1) is 16.4. The van der Waals surface area contributed by atoms with Crippen molar-refractivity contribution in [3.8, 4) is 5.75 Å². The number of ether oxygens (including phenoxy) is 1. The van der Waals surface area contributed by atoms with Gasteiger partial charge in [0.1, 0.15) is 11.6 Å². The van der Waals surface area contributed by atoms with Crippen LogP contribution in [0.25, 0.3) is 10.9 Å². The van der Waals surface area contributed by atoms with Gasteiger partial charge in [0.2, 0.25) is 5.91 Å². The number of anilines is 1. The molecule has 1 aliphatic rings. The highest BCUT2D eigenvalue weighted by Gasteiger charge is 2.23. The molecule has 1 atom stereocenters. The Morgan fingerprint density at radius 2 is 2.03 bits per heavy atom. The zero-order valence-corrected chi connectivity index (χ0v) is 19.6. The van der Waals surface area contributed by atoms with Crippen molar-refractivity contribution < 1.29 is 19.0 Å². The molecule has 34 heavy (non-hydrogen) atoms. The summed E-state index contributed by atoms with van der Waals surface area (Å²) in [4.78, 5) is 18.9. The number of carbonyl (C=O) groups is 1. The van der Waals surface area contributed by atoms with E-state index in [1.54, 1.807) is 19.4 Å². The first kappa shape index (κ1) is 24.1. The van der Waals surface area contributed by atoms with Crippen molar-refractivity contribution in [2.24, 2.45) is 0 Å². The second kappa shape index (κ2) is 10.9. The van der Waals surface area contributed by atoms with E-state index in [9.17, 15) is 14.3 Å². The Bertz CT molecular complexity index is 1150. The van der Waals surface area contributed by atoms with Gasteiger partial charge in [-0.25, -0.2) is 4.39 Å². The Balaban J connectivity index is 1.26. The quantitative estimate of drug-likeness (QED) is 0.472. The van der Waals surface area contributed by atoms with Gasteiger partial charge in [0.05, 0.1) is 25.3 Å². The van der Waals surface area contributed by atoms with Gasteiger partial charge in [-0.15, -0.1) is 0 Å². The normalized spacial score (nSPS) is 15.9. The summed E-state index contributed by atoms with van der Waals surface area (Å²) in [7, 11) is 1.62. The minimum absolute atomic E-state index is 0.175. The fourth-order valence-corrected chi connectivity index (χ4v) is 4.39. The highest BCUT2D eigenvalue weighted by Crippen LogP contribution is 2.27. The smallest absolute Gasteiger partial charge is 0.238 e. The minimum Gasteiger partial charge on any atom is -0.497 e. The van der Waals surface area contributed by atoms with Gasteiger partial charge in [0.15, 0.2) is 0 Å². The summed E-state index contributed by atoms with van der Waals surface area (Å²) >= 11 is 0. The number of nitrogens with zero attached hydrogens (tertiary/aromatic N) is 2. The number of aliphatic hydroxyl groups excluding tert-OH is 1. The van der Waals surface area contributed by atoms with Crippen LogP contribution in [-0.4, -0.2) is 60.2 Å². The van der Waals surface area contributed by atoms with Gasteiger partial charge < -0.3 is 25.4 Å². The number of fused-ring (bicyclic) bond motifs is 1. The number of amides is 1. The average Bonchev–Trinajstić information content (AvgIpc) is 2.85. The van der Waals surface area contributed by atoms with Crippen LogP contribution in [0.4, 0.5) is 10.1 Å². The molecule has 1 unspecified atom stereocenters. The maximum Gasteiger partial charge on any atom is 0.238 e. The standard InChI is InChI=1S/C26H31FN4O3/c1-17-3-4-18(27)13-24(17)30-26(33)15-29-19-8-11-31(12-9-19)16-25(32)21-7-10-28-23-6-5-20(34-2)14-22(21)23/h3-7,10,13-14,19,25,29,32H,8-9,11-12,15-16H2,1-2H3,(H,30,33). The lowest BCUT2D eigenvalue weighted by Gasteiger charge is -2.33. The number of halogens is 1. The van der Waals surface area contributed by atoms with Crippen LogP contribution in [0.2, 0.25) is 0 Å². The third-order valence-electron chi connectivity index (χ3n) is 6.39. The first-order valence-corrected chi connectivity index (χ1v) is 11.6. The molecule has 0 saturated carbocycles. The molecule has 1 aliphatic heterocycles. The number of hydrogen-bond donors (Lipinski definition) is 3. The van der Waals surface area contributed by atoms with Crippen molar-refractivity contribution in [2.75, 3.05) is 38.6 Å². The van der Waals surface area contributed by atoms with Crippen LogP contribution >= 0.6 is 0 Å². The maximum absolute atomic E-state index is 13.4. The largest absolute Gasteiger partial charge is 0.497 e. The number of piperidine rings is 1. The van der Waals surface area contributed by atoms with Crippen molar-refractivity contribution in [1.29, 1.82) is 0 Å². The number of aromatic nitrogens is 1. The molecule has 3 N–H and O–H groups in total. The Kier molecular flexibility index (Phi) is 7.72. The Morgan fingerprint density at radius 1 is 1.24 bits per heavy atom. The number of hydrogen-bond acceptors (Lipinski definition) is 6. The molecular formula is C26H31FN4O3. The number of pyridine rings is 1. The zero-order chi connectivity index (χ0) is 24.1. The van der Waals surface area contributed by atoms with Crippen molar-refractivity contribution in [1.82, 2.24) is 15.2 Å². The molecular weight excluding hydrogens is 435 g/mol. The zero-order valence-electron chi connectivity index (χ0n) is 19.6. The van der Waals surface area contributed by atoms with E-state index in [1.165, 1.54) is 12.1 Å². The molecule has 0 radical (unpaired) electrons. The molecule has 3 aromatic rings. The molecule has 1 amide bonds. The predicted molar refractivity (Wildman–Crippen MR) is 130 cm³/mol. The summed E-state index contributed by atoms with van der Waals surface area (Å²) in [6.45, 7) is 4.19. The molecule has 0 spiro atoms. The van der Waals surface area contributed by atoms with Crippen LogP contribution in [0.1, 0.15) is 30.1 Å². The second-order valence-corrected chi connectivity index (χ2v) is 8.76. The van der Waals surface area contributed by atoms with Crippen molar-refractivity contribution >= 4 is 22.5 Å². The monoisotopic (exact) mass is 466 g/mol. The van der Waals surface area contributed by atoms with Crippen LogP contribution in [0, 0.1) is 12.7 Å². The molecule has 0 aliphatic carbocycles.